The number of ether oxygens (including phenoxy) is 1. The highest BCUT2D eigenvalue weighted by atomic mass is 16.5. The van der Waals surface area contributed by atoms with Crippen molar-refractivity contribution in [3.05, 3.63) is 36.0 Å². The minimum Gasteiger partial charge on any atom is -0.495 e. The standard InChI is InChI=1S/C14H15N3O/c1-10(2)17-13(6-7-16-17)11-4-5-14(18-3)12(8-11)9-15/h4-8,10H,1-3H3. The SMILES string of the molecule is COc1ccc(-c2ccnn2C(C)C)cc1C#N. The second-order valence-electron chi connectivity index (χ2n) is 4.28. The van der Waals surface area contributed by atoms with E-state index in [1.165, 1.54) is 0 Å². The Morgan fingerprint density at radius 3 is 2.72 bits per heavy atom. The maximum atomic E-state index is 9.10. The highest BCUT2D eigenvalue weighted by Crippen LogP contribution is 2.27. The molecule has 0 fully saturated rings. The van der Waals surface area contributed by atoms with Gasteiger partial charge in [0.25, 0.3) is 0 Å². The van der Waals surface area contributed by atoms with Gasteiger partial charge in [-0.05, 0) is 38.1 Å². The molecule has 4 nitrogen and oxygen atoms in total. The van der Waals surface area contributed by atoms with Gasteiger partial charge in [-0.2, -0.15) is 10.4 Å². The fraction of sp³-hybridized carbons (Fsp3) is 0.286. The smallest absolute Gasteiger partial charge is 0.136 e. The number of nitrogens with zero attached hydrogens (tertiary/aromatic N) is 3. The fourth-order valence-corrected chi connectivity index (χ4v) is 1.91. The zero-order valence-corrected chi connectivity index (χ0v) is 10.7. The summed E-state index contributed by atoms with van der Waals surface area (Å²) in [6.07, 6.45) is 1.77. The lowest BCUT2D eigenvalue weighted by molar-refractivity contribution is 0.413. The van der Waals surface area contributed by atoms with Crippen LogP contribution in [-0.2, 0) is 0 Å². The van der Waals surface area contributed by atoms with Crippen molar-refractivity contribution in [3.8, 4) is 23.1 Å². The molecule has 0 aliphatic rings. The molecule has 0 amide bonds. The van der Waals surface area contributed by atoms with Gasteiger partial charge in [-0.25, -0.2) is 0 Å². The third-order valence-electron chi connectivity index (χ3n) is 2.78. The monoisotopic (exact) mass is 241 g/mol. The zero-order valence-electron chi connectivity index (χ0n) is 10.7. The Morgan fingerprint density at radius 2 is 2.11 bits per heavy atom. The van der Waals surface area contributed by atoms with Gasteiger partial charge in [0.2, 0.25) is 0 Å². The molecule has 0 aliphatic heterocycles. The van der Waals surface area contributed by atoms with Crippen molar-refractivity contribution in [1.29, 1.82) is 5.26 Å². The molecule has 0 bridgehead atoms. The number of rotatable bonds is 3. The van der Waals surface area contributed by atoms with E-state index in [1.807, 2.05) is 28.9 Å². The molecule has 0 saturated heterocycles. The first kappa shape index (κ1) is 12.2. The Bertz CT molecular complexity index is 593. The molecule has 4 heteroatoms. The maximum Gasteiger partial charge on any atom is 0.136 e. The van der Waals surface area contributed by atoms with Gasteiger partial charge in [0.15, 0.2) is 0 Å². The second-order valence-corrected chi connectivity index (χ2v) is 4.28. The first-order valence-electron chi connectivity index (χ1n) is 5.79. The van der Waals surface area contributed by atoms with Crippen LogP contribution in [0.1, 0.15) is 25.5 Å². The topological polar surface area (TPSA) is 50.8 Å². The average molecular weight is 241 g/mol. The largest absolute Gasteiger partial charge is 0.495 e. The Hall–Kier alpha value is -2.28. The number of aromatic nitrogens is 2. The van der Waals surface area contributed by atoms with Crippen LogP contribution in [0.2, 0.25) is 0 Å². The van der Waals surface area contributed by atoms with E-state index in [0.29, 0.717) is 11.3 Å². The normalized spacial score (nSPS) is 10.4. The Labute approximate surface area is 106 Å². The lowest BCUT2D eigenvalue weighted by Crippen LogP contribution is -2.04. The van der Waals surface area contributed by atoms with E-state index in [1.54, 1.807) is 13.3 Å². The summed E-state index contributed by atoms with van der Waals surface area (Å²) in [6, 6.07) is 9.95. The van der Waals surface area contributed by atoms with Crippen molar-refractivity contribution in [3.63, 3.8) is 0 Å². The Morgan fingerprint density at radius 1 is 1.33 bits per heavy atom. The van der Waals surface area contributed by atoms with E-state index in [2.05, 4.69) is 25.0 Å². The summed E-state index contributed by atoms with van der Waals surface area (Å²) in [6.45, 7) is 4.15. The number of benzene rings is 1. The molecule has 0 spiro atoms. The summed E-state index contributed by atoms with van der Waals surface area (Å²) in [5, 5.41) is 13.4. The van der Waals surface area contributed by atoms with Crippen molar-refractivity contribution >= 4 is 0 Å². The van der Waals surface area contributed by atoms with Gasteiger partial charge in [0.1, 0.15) is 11.8 Å². The van der Waals surface area contributed by atoms with Crippen molar-refractivity contribution in [2.24, 2.45) is 0 Å². The van der Waals surface area contributed by atoms with Crippen LogP contribution in [0.5, 0.6) is 5.75 Å². The number of hydrogen-bond acceptors (Lipinski definition) is 3. The molecule has 2 rings (SSSR count). The molecule has 1 aromatic heterocycles. The molecule has 1 aromatic carbocycles. The first-order chi connectivity index (χ1) is 8.67. The molecule has 0 unspecified atom stereocenters. The number of nitriles is 1. The van der Waals surface area contributed by atoms with Gasteiger partial charge >= 0.3 is 0 Å². The Kier molecular flexibility index (Phi) is 3.33. The van der Waals surface area contributed by atoms with Gasteiger partial charge in [-0.15, -0.1) is 0 Å². The van der Waals surface area contributed by atoms with Crippen molar-refractivity contribution in [1.82, 2.24) is 9.78 Å². The van der Waals surface area contributed by atoms with Gasteiger partial charge in [-0.3, -0.25) is 4.68 Å². The molecule has 2 aromatic rings. The number of hydrogen-bond donors (Lipinski definition) is 0. The molecule has 92 valence electrons. The van der Waals surface area contributed by atoms with Crippen molar-refractivity contribution < 1.29 is 4.74 Å². The minimum atomic E-state index is 0.280. The van der Waals surface area contributed by atoms with E-state index in [9.17, 15) is 0 Å². The van der Waals surface area contributed by atoms with E-state index >= 15 is 0 Å². The van der Waals surface area contributed by atoms with Crippen LogP contribution in [0.3, 0.4) is 0 Å². The highest BCUT2D eigenvalue weighted by Gasteiger charge is 2.10. The molecule has 0 N–H and O–H groups in total. The maximum absolute atomic E-state index is 9.10. The molecule has 0 saturated carbocycles. The molecule has 1 heterocycles. The third kappa shape index (κ3) is 2.07. The van der Waals surface area contributed by atoms with Crippen LogP contribution >= 0.6 is 0 Å². The van der Waals surface area contributed by atoms with Gasteiger partial charge < -0.3 is 4.74 Å². The van der Waals surface area contributed by atoms with E-state index in [4.69, 9.17) is 10.00 Å². The van der Waals surface area contributed by atoms with Crippen LogP contribution in [0, 0.1) is 11.3 Å². The Balaban J connectivity index is 2.52. The molecule has 0 aliphatic carbocycles. The molecule has 18 heavy (non-hydrogen) atoms. The number of methoxy groups -OCH3 is 1. The van der Waals surface area contributed by atoms with Crippen LogP contribution < -0.4 is 4.74 Å². The highest BCUT2D eigenvalue weighted by molar-refractivity contribution is 5.64. The second kappa shape index (κ2) is 4.92. The fourth-order valence-electron chi connectivity index (χ4n) is 1.91. The summed E-state index contributed by atoms with van der Waals surface area (Å²) >= 11 is 0. The summed E-state index contributed by atoms with van der Waals surface area (Å²) in [5.41, 5.74) is 2.51. The lowest BCUT2D eigenvalue weighted by atomic mass is 10.1. The minimum absolute atomic E-state index is 0.280. The predicted molar refractivity (Wildman–Crippen MR) is 69.3 cm³/mol. The van der Waals surface area contributed by atoms with Crippen molar-refractivity contribution in [2.45, 2.75) is 19.9 Å². The van der Waals surface area contributed by atoms with E-state index < -0.39 is 0 Å². The molecular weight excluding hydrogens is 226 g/mol. The molecular formula is C14H15N3O. The van der Waals surface area contributed by atoms with E-state index in [0.717, 1.165) is 11.3 Å². The summed E-state index contributed by atoms with van der Waals surface area (Å²) in [4.78, 5) is 0. The average Bonchev–Trinajstić information content (AvgIpc) is 2.87. The summed E-state index contributed by atoms with van der Waals surface area (Å²) < 4.78 is 7.07. The quantitative estimate of drug-likeness (QED) is 0.830. The van der Waals surface area contributed by atoms with Gasteiger partial charge in [-0.1, -0.05) is 0 Å². The third-order valence-corrected chi connectivity index (χ3v) is 2.78. The summed E-state index contributed by atoms with van der Waals surface area (Å²) in [7, 11) is 1.56. The molecule has 0 radical (unpaired) electrons. The molecule has 0 atom stereocenters. The predicted octanol–water partition coefficient (Wildman–Crippen LogP) is 3.01. The van der Waals surface area contributed by atoms with Crippen molar-refractivity contribution in [2.75, 3.05) is 7.11 Å². The van der Waals surface area contributed by atoms with E-state index in [-0.39, 0.29) is 6.04 Å². The summed E-state index contributed by atoms with van der Waals surface area (Å²) in [5.74, 6) is 0.594. The van der Waals surface area contributed by atoms with Crippen LogP contribution in [0.15, 0.2) is 30.5 Å². The van der Waals surface area contributed by atoms with Crippen LogP contribution in [0.4, 0.5) is 0 Å². The van der Waals surface area contributed by atoms with Gasteiger partial charge in [0.05, 0.1) is 18.4 Å². The van der Waals surface area contributed by atoms with Crippen LogP contribution in [0.25, 0.3) is 11.3 Å². The van der Waals surface area contributed by atoms with Crippen LogP contribution in [-0.4, -0.2) is 16.9 Å². The zero-order chi connectivity index (χ0) is 13.1. The lowest BCUT2D eigenvalue weighted by Gasteiger charge is -2.12. The first-order valence-corrected chi connectivity index (χ1v) is 5.79. The van der Waals surface area contributed by atoms with Gasteiger partial charge in [0, 0.05) is 17.8 Å².